The number of thioether (sulfide) groups is 1. The van der Waals surface area contributed by atoms with Gasteiger partial charge in [-0.2, -0.15) is 0 Å². The molecule has 4 heteroatoms. The first kappa shape index (κ1) is 13.5. The summed E-state index contributed by atoms with van der Waals surface area (Å²) in [6, 6.07) is 15.5. The monoisotopic (exact) mass is 273 g/mol. The van der Waals surface area contributed by atoms with E-state index in [0.29, 0.717) is 11.3 Å². The van der Waals surface area contributed by atoms with Crippen LogP contribution in [-0.4, -0.2) is 13.1 Å². The van der Waals surface area contributed by atoms with Crippen LogP contribution in [-0.2, 0) is 10.5 Å². The molecule has 0 unspecified atom stereocenters. The highest BCUT2D eigenvalue weighted by atomic mass is 32.2. The van der Waals surface area contributed by atoms with Crippen molar-refractivity contribution >= 4 is 23.4 Å². The van der Waals surface area contributed by atoms with E-state index in [9.17, 15) is 4.79 Å². The fraction of sp³-hybridized carbons (Fsp3) is 0.133. The summed E-state index contributed by atoms with van der Waals surface area (Å²) < 4.78 is 4.71. The Balaban J connectivity index is 2.15. The number of carbonyl (C=O) groups excluding carboxylic acids is 1. The number of anilines is 1. The Hall–Kier alpha value is -1.94. The third kappa shape index (κ3) is 3.29. The van der Waals surface area contributed by atoms with Crippen LogP contribution in [0.3, 0.4) is 0 Å². The molecule has 2 aromatic carbocycles. The SMILES string of the molecule is COC(=O)c1cccc(SCc2ccccc2)c1N. The number of hydrogen-bond donors (Lipinski definition) is 1. The molecule has 0 amide bonds. The van der Waals surface area contributed by atoms with E-state index < -0.39 is 5.97 Å². The second-order valence-electron chi connectivity index (χ2n) is 3.98. The van der Waals surface area contributed by atoms with Gasteiger partial charge in [0.1, 0.15) is 0 Å². The van der Waals surface area contributed by atoms with Crippen LogP contribution in [0.5, 0.6) is 0 Å². The van der Waals surface area contributed by atoms with Gasteiger partial charge >= 0.3 is 5.97 Å². The maximum absolute atomic E-state index is 11.5. The van der Waals surface area contributed by atoms with E-state index in [1.807, 2.05) is 30.3 Å². The van der Waals surface area contributed by atoms with Gasteiger partial charge in [0.2, 0.25) is 0 Å². The Morgan fingerprint density at radius 3 is 2.58 bits per heavy atom. The van der Waals surface area contributed by atoms with Gasteiger partial charge in [0.05, 0.1) is 18.4 Å². The Morgan fingerprint density at radius 1 is 1.16 bits per heavy atom. The number of nitrogens with two attached hydrogens (primary N) is 1. The molecule has 0 aliphatic carbocycles. The first-order chi connectivity index (χ1) is 9.22. The maximum atomic E-state index is 11.5. The molecule has 0 atom stereocenters. The van der Waals surface area contributed by atoms with Crippen molar-refractivity contribution in [3.8, 4) is 0 Å². The summed E-state index contributed by atoms with van der Waals surface area (Å²) in [6.07, 6.45) is 0. The molecular weight excluding hydrogens is 258 g/mol. The van der Waals surface area contributed by atoms with E-state index >= 15 is 0 Å². The zero-order chi connectivity index (χ0) is 13.7. The quantitative estimate of drug-likeness (QED) is 0.527. The van der Waals surface area contributed by atoms with Gasteiger partial charge in [-0.15, -0.1) is 11.8 Å². The molecule has 2 aromatic rings. The molecule has 2 rings (SSSR count). The number of ether oxygens (including phenoxy) is 1. The van der Waals surface area contributed by atoms with Gasteiger partial charge in [0.15, 0.2) is 0 Å². The molecule has 0 radical (unpaired) electrons. The average molecular weight is 273 g/mol. The molecular formula is C15H15NO2S. The number of rotatable bonds is 4. The zero-order valence-corrected chi connectivity index (χ0v) is 11.4. The topological polar surface area (TPSA) is 52.3 Å². The first-order valence-electron chi connectivity index (χ1n) is 5.86. The Bertz CT molecular complexity index is 570. The smallest absolute Gasteiger partial charge is 0.339 e. The molecule has 0 aliphatic heterocycles. The molecule has 0 saturated carbocycles. The number of hydrogen-bond acceptors (Lipinski definition) is 4. The van der Waals surface area contributed by atoms with E-state index in [1.54, 1.807) is 17.8 Å². The lowest BCUT2D eigenvalue weighted by atomic mass is 10.2. The number of nitrogen functional groups attached to an aromatic ring is 1. The fourth-order valence-corrected chi connectivity index (χ4v) is 2.65. The van der Waals surface area contributed by atoms with Crippen LogP contribution < -0.4 is 5.73 Å². The summed E-state index contributed by atoms with van der Waals surface area (Å²) in [5, 5.41) is 0. The summed E-state index contributed by atoms with van der Waals surface area (Å²) in [6.45, 7) is 0. The third-order valence-electron chi connectivity index (χ3n) is 2.71. The van der Waals surface area contributed by atoms with Crippen molar-refractivity contribution in [2.75, 3.05) is 12.8 Å². The van der Waals surface area contributed by atoms with Gasteiger partial charge in [-0.25, -0.2) is 4.79 Å². The van der Waals surface area contributed by atoms with Crippen molar-refractivity contribution < 1.29 is 9.53 Å². The predicted octanol–water partition coefficient (Wildman–Crippen LogP) is 3.35. The van der Waals surface area contributed by atoms with Crippen LogP contribution in [0.4, 0.5) is 5.69 Å². The number of para-hydroxylation sites is 1. The number of methoxy groups -OCH3 is 1. The summed E-state index contributed by atoms with van der Waals surface area (Å²) in [5.74, 6) is 0.412. The molecule has 0 heterocycles. The van der Waals surface area contributed by atoms with E-state index in [4.69, 9.17) is 10.5 Å². The number of benzene rings is 2. The Morgan fingerprint density at radius 2 is 1.89 bits per heavy atom. The lowest BCUT2D eigenvalue weighted by molar-refractivity contribution is 0.0601. The average Bonchev–Trinajstić information content (AvgIpc) is 2.46. The summed E-state index contributed by atoms with van der Waals surface area (Å²) in [5.41, 5.74) is 8.12. The van der Waals surface area contributed by atoms with Crippen molar-refractivity contribution in [2.24, 2.45) is 0 Å². The van der Waals surface area contributed by atoms with Gasteiger partial charge in [-0.1, -0.05) is 36.4 Å². The highest BCUT2D eigenvalue weighted by Crippen LogP contribution is 2.30. The minimum atomic E-state index is -0.403. The maximum Gasteiger partial charge on any atom is 0.339 e. The molecule has 3 nitrogen and oxygen atoms in total. The van der Waals surface area contributed by atoms with Gasteiger partial charge in [-0.05, 0) is 17.7 Å². The highest BCUT2D eigenvalue weighted by Gasteiger charge is 2.12. The molecule has 2 N–H and O–H groups in total. The van der Waals surface area contributed by atoms with Crippen LogP contribution in [0.15, 0.2) is 53.4 Å². The predicted molar refractivity (Wildman–Crippen MR) is 78.2 cm³/mol. The van der Waals surface area contributed by atoms with Gasteiger partial charge < -0.3 is 10.5 Å². The third-order valence-corrected chi connectivity index (χ3v) is 3.85. The van der Waals surface area contributed by atoms with E-state index in [2.05, 4.69) is 12.1 Å². The highest BCUT2D eigenvalue weighted by molar-refractivity contribution is 7.98. The molecule has 0 aromatic heterocycles. The molecule has 0 bridgehead atoms. The lowest BCUT2D eigenvalue weighted by Crippen LogP contribution is -2.06. The standard InChI is InChI=1S/C15H15NO2S/c1-18-15(17)12-8-5-9-13(14(12)16)19-10-11-6-3-2-4-7-11/h2-9H,10,16H2,1H3. The van der Waals surface area contributed by atoms with E-state index in [-0.39, 0.29) is 0 Å². The van der Waals surface area contributed by atoms with Crippen LogP contribution in [0.1, 0.15) is 15.9 Å². The summed E-state index contributed by atoms with van der Waals surface area (Å²) in [4.78, 5) is 12.4. The second kappa shape index (κ2) is 6.29. The zero-order valence-electron chi connectivity index (χ0n) is 10.6. The Kier molecular flexibility index (Phi) is 4.47. The lowest BCUT2D eigenvalue weighted by Gasteiger charge is -2.09. The fourth-order valence-electron chi connectivity index (χ4n) is 1.69. The largest absolute Gasteiger partial charge is 0.465 e. The van der Waals surface area contributed by atoms with E-state index in [0.717, 1.165) is 10.6 Å². The first-order valence-corrected chi connectivity index (χ1v) is 6.84. The van der Waals surface area contributed by atoms with Crippen LogP contribution >= 0.6 is 11.8 Å². The van der Waals surface area contributed by atoms with Gasteiger partial charge in [-0.3, -0.25) is 0 Å². The van der Waals surface area contributed by atoms with Crippen molar-refractivity contribution in [1.29, 1.82) is 0 Å². The van der Waals surface area contributed by atoms with Crippen LogP contribution in [0, 0.1) is 0 Å². The molecule has 0 fully saturated rings. The summed E-state index contributed by atoms with van der Waals surface area (Å²) in [7, 11) is 1.35. The molecule has 0 aliphatic rings. The Labute approximate surface area is 116 Å². The van der Waals surface area contributed by atoms with Crippen LogP contribution in [0.25, 0.3) is 0 Å². The second-order valence-corrected chi connectivity index (χ2v) is 5.00. The van der Waals surface area contributed by atoms with E-state index in [1.165, 1.54) is 12.7 Å². The van der Waals surface area contributed by atoms with Crippen molar-refractivity contribution in [2.45, 2.75) is 10.6 Å². The normalized spacial score (nSPS) is 10.2. The minimum absolute atomic E-state index is 0.403. The molecule has 0 saturated heterocycles. The minimum Gasteiger partial charge on any atom is -0.465 e. The van der Waals surface area contributed by atoms with Crippen LogP contribution in [0.2, 0.25) is 0 Å². The van der Waals surface area contributed by atoms with Gasteiger partial charge in [0.25, 0.3) is 0 Å². The molecule has 0 spiro atoms. The van der Waals surface area contributed by atoms with Crippen molar-refractivity contribution in [3.05, 3.63) is 59.7 Å². The van der Waals surface area contributed by atoms with Gasteiger partial charge in [0, 0.05) is 10.6 Å². The molecule has 19 heavy (non-hydrogen) atoms. The molecule has 98 valence electrons. The van der Waals surface area contributed by atoms with Crippen molar-refractivity contribution in [3.63, 3.8) is 0 Å². The van der Waals surface area contributed by atoms with Crippen molar-refractivity contribution in [1.82, 2.24) is 0 Å². The number of carbonyl (C=O) groups is 1. The number of esters is 1. The summed E-state index contributed by atoms with van der Waals surface area (Å²) >= 11 is 1.61.